The van der Waals surface area contributed by atoms with Gasteiger partial charge in [0.2, 0.25) is 11.0 Å². The maximum Gasteiger partial charge on any atom is 0.226 e. The lowest BCUT2D eigenvalue weighted by molar-refractivity contribution is -0.116. The highest BCUT2D eigenvalue weighted by molar-refractivity contribution is 7.18. The van der Waals surface area contributed by atoms with Crippen molar-refractivity contribution in [2.24, 2.45) is 0 Å². The number of benzene rings is 2. The first-order valence-corrected chi connectivity index (χ1v) is 8.27. The minimum absolute atomic E-state index is 0.0409. The molecule has 1 heterocycles. The van der Waals surface area contributed by atoms with Crippen LogP contribution >= 0.6 is 11.3 Å². The Labute approximate surface area is 139 Å². The number of anilines is 1. The van der Waals surface area contributed by atoms with Crippen molar-refractivity contribution in [1.82, 2.24) is 10.2 Å². The van der Waals surface area contributed by atoms with Crippen LogP contribution in [0.3, 0.4) is 0 Å². The maximum absolute atomic E-state index is 12.0. The minimum Gasteiger partial charge on any atom is -0.301 e. The predicted molar refractivity (Wildman–Crippen MR) is 93.5 cm³/mol. The molecule has 4 nitrogen and oxygen atoms in total. The molecule has 1 aromatic heterocycles. The molecule has 0 saturated heterocycles. The second kappa shape index (κ2) is 7.15. The van der Waals surface area contributed by atoms with Crippen LogP contribution in [0.4, 0.5) is 5.13 Å². The minimum atomic E-state index is -0.0409. The van der Waals surface area contributed by atoms with Crippen LogP contribution in [-0.2, 0) is 11.2 Å². The first-order valence-electron chi connectivity index (χ1n) is 7.45. The van der Waals surface area contributed by atoms with Crippen molar-refractivity contribution in [3.05, 3.63) is 65.7 Å². The Morgan fingerprint density at radius 3 is 2.70 bits per heavy atom. The summed E-state index contributed by atoms with van der Waals surface area (Å²) < 4.78 is 0. The fourth-order valence-corrected chi connectivity index (χ4v) is 3.01. The van der Waals surface area contributed by atoms with Crippen LogP contribution in [0, 0.1) is 6.92 Å². The molecular formula is C18H17N3OS. The molecule has 116 valence electrons. The zero-order chi connectivity index (χ0) is 16.1. The monoisotopic (exact) mass is 323 g/mol. The number of rotatable bonds is 5. The molecule has 0 unspecified atom stereocenters. The molecule has 0 fully saturated rings. The second-order valence-corrected chi connectivity index (χ2v) is 6.29. The fraction of sp³-hybridized carbons (Fsp3) is 0.167. The van der Waals surface area contributed by atoms with Gasteiger partial charge in [-0.3, -0.25) is 4.79 Å². The number of carbonyl (C=O) groups excluding carboxylic acids is 1. The molecule has 0 aliphatic heterocycles. The topological polar surface area (TPSA) is 54.9 Å². The summed E-state index contributed by atoms with van der Waals surface area (Å²) in [7, 11) is 0. The second-order valence-electron chi connectivity index (χ2n) is 5.32. The SMILES string of the molecule is Cc1cccc(-c2nnc(NC(=O)CCc3ccccc3)s2)c1. The van der Waals surface area contributed by atoms with Crippen LogP contribution in [0.1, 0.15) is 17.5 Å². The van der Waals surface area contributed by atoms with E-state index >= 15 is 0 Å². The Balaban J connectivity index is 1.59. The van der Waals surface area contributed by atoms with E-state index in [1.54, 1.807) is 0 Å². The third-order valence-corrected chi connectivity index (χ3v) is 4.31. The standard InChI is InChI=1S/C18H17N3OS/c1-13-6-5-9-15(12-13)17-20-21-18(23-17)19-16(22)11-10-14-7-3-2-4-8-14/h2-9,12H,10-11H2,1H3,(H,19,21,22). The molecule has 0 bridgehead atoms. The zero-order valence-corrected chi connectivity index (χ0v) is 13.6. The summed E-state index contributed by atoms with van der Waals surface area (Å²) in [6.07, 6.45) is 1.15. The summed E-state index contributed by atoms with van der Waals surface area (Å²) in [4.78, 5) is 12.0. The molecule has 5 heteroatoms. The maximum atomic E-state index is 12.0. The van der Waals surface area contributed by atoms with Gasteiger partial charge in [-0.2, -0.15) is 0 Å². The van der Waals surface area contributed by atoms with Crippen molar-refractivity contribution in [2.45, 2.75) is 19.8 Å². The number of aryl methyl sites for hydroxylation is 2. The van der Waals surface area contributed by atoms with Crippen molar-refractivity contribution < 1.29 is 4.79 Å². The molecule has 0 saturated carbocycles. The van der Waals surface area contributed by atoms with E-state index < -0.39 is 0 Å². The first-order chi connectivity index (χ1) is 11.2. The van der Waals surface area contributed by atoms with Gasteiger partial charge < -0.3 is 5.32 Å². The van der Waals surface area contributed by atoms with Gasteiger partial charge in [0.15, 0.2) is 0 Å². The van der Waals surface area contributed by atoms with E-state index in [-0.39, 0.29) is 5.91 Å². The molecule has 23 heavy (non-hydrogen) atoms. The predicted octanol–water partition coefficient (Wildman–Crippen LogP) is 4.08. The Morgan fingerprint density at radius 2 is 1.91 bits per heavy atom. The van der Waals surface area contributed by atoms with E-state index in [0.717, 1.165) is 22.6 Å². The molecule has 1 N–H and O–H groups in total. The number of nitrogens with zero attached hydrogens (tertiary/aromatic N) is 2. The van der Waals surface area contributed by atoms with Crippen molar-refractivity contribution >= 4 is 22.4 Å². The fourth-order valence-electron chi connectivity index (χ4n) is 2.25. The van der Waals surface area contributed by atoms with Gasteiger partial charge >= 0.3 is 0 Å². The average Bonchev–Trinajstić information content (AvgIpc) is 3.02. The molecule has 1 amide bonds. The number of hydrogen-bond acceptors (Lipinski definition) is 4. The van der Waals surface area contributed by atoms with E-state index in [2.05, 4.69) is 21.6 Å². The number of nitrogens with one attached hydrogen (secondary N) is 1. The van der Waals surface area contributed by atoms with Crippen LogP contribution in [0.25, 0.3) is 10.6 Å². The van der Waals surface area contributed by atoms with E-state index in [1.807, 2.05) is 55.5 Å². The van der Waals surface area contributed by atoms with Gasteiger partial charge in [0.05, 0.1) is 0 Å². The Morgan fingerprint density at radius 1 is 1.09 bits per heavy atom. The van der Waals surface area contributed by atoms with Gasteiger partial charge in [0.1, 0.15) is 5.01 Å². The van der Waals surface area contributed by atoms with Crippen molar-refractivity contribution in [3.8, 4) is 10.6 Å². The molecule has 3 aromatic rings. The number of aromatic nitrogens is 2. The summed E-state index contributed by atoms with van der Waals surface area (Å²) in [6.45, 7) is 2.04. The first kappa shape index (κ1) is 15.4. The van der Waals surface area contributed by atoms with Crippen LogP contribution in [0.15, 0.2) is 54.6 Å². The van der Waals surface area contributed by atoms with Gasteiger partial charge in [0, 0.05) is 12.0 Å². The van der Waals surface area contributed by atoms with E-state index in [4.69, 9.17) is 0 Å². The van der Waals surface area contributed by atoms with Crippen molar-refractivity contribution in [2.75, 3.05) is 5.32 Å². The van der Waals surface area contributed by atoms with E-state index in [1.165, 1.54) is 16.9 Å². The number of amides is 1. The molecule has 2 aromatic carbocycles. The highest BCUT2D eigenvalue weighted by Crippen LogP contribution is 2.26. The average molecular weight is 323 g/mol. The molecule has 0 spiro atoms. The van der Waals surface area contributed by atoms with Gasteiger partial charge in [-0.25, -0.2) is 0 Å². The highest BCUT2D eigenvalue weighted by Gasteiger charge is 2.10. The normalized spacial score (nSPS) is 10.5. The lowest BCUT2D eigenvalue weighted by atomic mass is 10.1. The summed E-state index contributed by atoms with van der Waals surface area (Å²) in [5.41, 5.74) is 3.35. The van der Waals surface area contributed by atoms with Gasteiger partial charge in [0.25, 0.3) is 0 Å². The lowest BCUT2D eigenvalue weighted by Gasteiger charge is -2.01. The molecular weight excluding hydrogens is 306 g/mol. The molecule has 0 aliphatic carbocycles. The van der Waals surface area contributed by atoms with Crippen LogP contribution in [0.5, 0.6) is 0 Å². The molecule has 0 atom stereocenters. The number of carbonyl (C=O) groups is 1. The number of hydrogen-bond donors (Lipinski definition) is 1. The lowest BCUT2D eigenvalue weighted by Crippen LogP contribution is -2.12. The van der Waals surface area contributed by atoms with Crippen LogP contribution in [0.2, 0.25) is 0 Å². The molecule has 3 rings (SSSR count). The Kier molecular flexibility index (Phi) is 4.78. The molecule has 0 radical (unpaired) electrons. The summed E-state index contributed by atoms with van der Waals surface area (Å²) >= 11 is 1.39. The van der Waals surface area contributed by atoms with Crippen molar-refractivity contribution in [1.29, 1.82) is 0 Å². The summed E-state index contributed by atoms with van der Waals surface area (Å²) in [5, 5.41) is 12.4. The Bertz CT molecular complexity index is 799. The van der Waals surface area contributed by atoms with E-state index in [0.29, 0.717) is 11.6 Å². The summed E-state index contributed by atoms with van der Waals surface area (Å²) in [5.74, 6) is -0.0409. The highest BCUT2D eigenvalue weighted by atomic mass is 32.1. The van der Waals surface area contributed by atoms with Crippen molar-refractivity contribution in [3.63, 3.8) is 0 Å². The van der Waals surface area contributed by atoms with Crippen LogP contribution in [-0.4, -0.2) is 16.1 Å². The van der Waals surface area contributed by atoms with Gasteiger partial charge in [-0.15, -0.1) is 10.2 Å². The van der Waals surface area contributed by atoms with E-state index in [9.17, 15) is 4.79 Å². The van der Waals surface area contributed by atoms with Gasteiger partial charge in [-0.05, 0) is 25.0 Å². The van der Waals surface area contributed by atoms with Gasteiger partial charge in [-0.1, -0.05) is 65.4 Å². The molecule has 0 aliphatic rings. The largest absolute Gasteiger partial charge is 0.301 e. The zero-order valence-electron chi connectivity index (χ0n) is 12.8. The quantitative estimate of drug-likeness (QED) is 0.769. The smallest absolute Gasteiger partial charge is 0.226 e. The third-order valence-electron chi connectivity index (χ3n) is 3.42. The Hall–Kier alpha value is -2.53. The van der Waals surface area contributed by atoms with Crippen LogP contribution < -0.4 is 5.32 Å². The summed E-state index contributed by atoms with van der Waals surface area (Å²) in [6, 6.07) is 18.1. The third kappa shape index (κ3) is 4.23.